The minimum absolute atomic E-state index is 0.0293. The van der Waals surface area contributed by atoms with Crippen LogP contribution in [0.25, 0.3) is 0 Å². The van der Waals surface area contributed by atoms with Crippen LogP contribution in [0.15, 0.2) is 36.4 Å². The van der Waals surface area contributed by atoms with Crippen molar-refractivity contribution in [1.82, 2.24) is 0 Å². The fourth-order valence-corrected chi connectivity index (χ4v) is 1.99. The second-order valence-electron chi connectivity index (χ2n) is 4.01. The quantitative estimate of drug-likeness (QED) is 0.508. The lowest BCUT2D eigenvalue weighted by molar-refractivity contribution is -0.384. The molecule has 6 nitrogen and oxygen atoms in total. The molecule has 0 aliphatic carbocycles. The van der Waals surface area contributed by atoms with Crippen molar-refractivity contribution in [1.29, 1.82) is 0 Å². The van der Waals surface area contributed by atoms with Crippen LogP contribution in [0, 0.1) is 10.1 Å². The lowest BCUT2D eigenvalue weighted by atomic mass is 10.2. The summed E-state index contributed by atoms with van der Waals surface area (Å²) < 4.78 is 0. The third kappa shape index (κ3) is 3.24. The van der Waals surface area contributed by atoms with E-state index < -0.39 is 16.6 Å². The Kier molecular flexibility index (Phi) is 4.30. The Morgan fingerprint density at radius 3 is 2.57 bits per heavy atom. The molecule has 1 amide bonds. The number of rotatable bonds is 3. The van der Waals surface area contributed by atoms with E-state index in [2.05, 4.69) is 5.32 Å². The summed E-state index contributed by atoms with van der Waals surface area (Å²) in [6, 6.07) is 7.88. The average molecular weight is 327 g/mol. The largest absolute Gasteiger partial charge is 0.506 e. The number of anilines is 1. The molecule has 8 heteroatoms. The van der Waals surface area contributed by atoms with Crippen molar-refractivity contribution in [2.45, 2.75) is 0 Å². The minimum atomic E-state index is -0.654. The average Bonchev–Trinajstić information content (AvgIpc) is 2.43. The molecule has 2 aromatic carbocycles. The molecule has 0 saturated carbocycles. The first-order valence-electron chi connectivity index (χ1n) is 5.63. The van der Waals surface area contributed by atoms with Crippen molar-refractivity contribution >= 4 is 40.5 Å². The number of amides is 1. The smallest absolute Gasteiger partial charge is 0.273 e. The van der Waals surface area contributed by atoms with Crippen LogP contribution in [-0.4, -0.2) is 15.9 Å². The number of aromatic hydroxyl groups is 1. The summed E-state index contributed by atoms with van der Waals surface area (Å²) in [5, 5.41) is 23.0. The molecule has 0 heterocycles. The Labute approximate surface area is 129 Å². The van der Waals surface area contributed by atoms with Crippen molar-refractivity contribution in [3.05, 3.63) is 62.1 Å². The number of nitrogens with zero attached hydrogens (tertiary/aromatic N) is 1. The molecule has 0 atom stereocenters. The highest BCUT2D eigenvalue weighted by Crippen LogP contribution is 2.30. The molecule has 21 heavy (non-hydrogen) atoms. The number of carbonyl (C=O) groups is 1. The van der Waals surface area contributed by atoms with Gasteiger partial charge in [-0.1, -0.05) is 29.3 Å². The van der Waals surface area contributed by atoms with Gasteiger partial charge >= 0.3 is 0 Å². The fraction of sp³-hybridized carbons (Fsp3) is 0. The van der Waals surface area contributed by atoms with Crippen LogP contribution in [0.4, 0.5) is 11.4 Å². The SMILES string of the molecule is O=C(Nc1ccc([N+](=O)[O-])cc1O)c1cccc(Cl)c1Cl. The zero-order chi connectivity index (χ0) is 15.6. The number of nitro benzene ring substituents is 1. The molecule has 0 aliphatic rings. The Morgan fingerprint density at radius 2 is 1.95 bits per heavy atom. The molecule has 0 spiro atoms. The maximum absolute atomic E-state index is 12.1. The van der Waals surface area contributed by atoms with Crippen LogP contribution < -0.4 is 5.32 Å². The molecule has 0 aliphatic heterocycles. The van der Waals surface area contributed by atoms with Crippen molar-refractivity contribution in [3.63, 3.8) is 0 Å². The third-order valence-corrected chi connectivity index (χ3v) is 3.46. The monoisotopic (exact) mass is 326 g/mol. The van der Waals surface area contributed by atoms with Gasteiger partial charge in [-0.05, 0) is 18.2 Å². The number of carbonyl (C=O) groups excluding carboxylic acids is 1. The lowest BCUT2D eigenvalue weighted by Gasteiger charge is -2.09. The maximum atomic E-state index is 12.1. The normalized spacial score (nSPS) is 10.2. The van der Waals surface area contributed by atoms with Gasteiger partial charge in [0.25, 0.3) is 11.6 Å². The van der Waals surface area contributed by atoms with E-state index in [0.29, 0.717) is 0 Å². The van der Waals surface area contributed by atoms with Gasteiger partial charge < -0.3 is 10.4 Å². The lowest BCUT2D eigenvalue weighted by Crippen LogP contribution is -2.12. The minimum Gasteiger partial charge on any atom is -0.506 e. The highest BCUT2D eigenvalue weighted by molar-refractivity contribution is 6.44. The van der Waals surface area contributed by atoms with E-state index in [-0.39, 0.29) is 27.0 Å². The van der Waals surface area contributed by atoms with E-state index in [9.17, 15) is 20.0 Å². The molecule has 2 rings (SSSR count). The molecule has 0 radical (unpaired) electrons. The Balaban J connectivity index is 2.28. The van der Waals surface area contributed by atoms with E-state index in [1.165, 1.54) is 18.2 Å². The van der Waals surface area contributed by atoms with Gasteiger partial charge in [-0.15, -0.1) is 0 Å². The predicted octanol–water partition coefficient (Wildman–Crippen LogP) is 3.86. The van der Waals surface area contributed by atoms with Crippen molar-refractivity contribution in [2.24, 2.45) is 0 Å². The second-order valence-corrected chi connectivity index (χ2v) is 4.80. The first kappa shape index (κ1) is 15.1. The number of hydrogen-bond donors (Lipinski definition) is 2. The van der Waals surface area contributed by atoms with Gasteiger partial charge in [0.1, 0.15) is 5.75 Å². The first-order chi connectivity index (χ1) is 9.90. The number of non-ortho nitro benzene ring substituents is 1. The predicted molar refractivity (Wildman–Crippen MR) is 79.2 cm³/mol. The number of benzene rings is 2. The number of phenolic OH excluding ortho intramolecular Hbond substituents is 1. The van der Waals surface area contributed by atoms with Crippen LogP contribution in [0.2, 0.25) is 10.0 Å². The highest BCUT2D eigenvalue weighted by Gasteiger charge is 2.16. The van der Waals surface area contributed by atoms with Gasteiger partial charge in [-0.3, -0.25) is 14.9 Å². The van der Waals surface area contributed by atoms with E-state index in [4.69, 9.17) is 23.2 Å². The number of phenols is 1. The molecule has 108 valence electrons. The Hall–Kier alpha value is -2.31. The molecule has 2 aromatic rings. The van der Waals surface area contributed by atoms with Crippen LogP contribution >= 0.6 is 23.2 Å². The van der Waals surface area contributed by atoms with Crippen LogP contribution in [-0.2, 0) is 0 Å². The van der Waals surface area contributed by atoms with Gasteiger partial charge in [0.15, 0.2) is 0 Å². The Bertz CT molecular complexity index is 734. The molecule has 0 aromatic heterocycles. The summed E-state index contributed by atoms with van der Waals surface area (Å²) in [6.07, 6.45) is 0. The van der Waals surface area contributed by atoms with Crippen LogP contribution in [0.3, 0.4) is 0 Å². The summed E-state index contributed by atoms with van der Waals surface area (Å²) in [6.45, 7) is 0. The molecule has 0 bridgehead atoms. The van der Waals surface area contributed by atoms with E-state index in [1.807, 2.05) is 0 Å². The van der Waals surface area contributed by atoms with Crippen LogP contribution in [0.1, 0.15) is 10.4 Å². The topological polar surface area (TPSA) is 92.5 Å². The Morgan fingerprint density at radius 1 is 1.24 bits per heavy atom. The molecular weight excluding hydrogens is 319 g/mol. The van der Waals surface area contributed by atoms with Crippen LogP contribution in [0.5, 0.6) is 5.75 Å². The van der Waals surface area contributed by atoms with Gasteiger partial charge in [0, 0.05) is 6.07 Å². The van der Waals surface area contributed by atoms with Gasteiger partial charge in [-0.25, -0.2) is 0 Å². The summed E-state index contributed by atoms with van der Waals surface area (Å²) in [4.78, 5) is 22.0. The first-order valence-corrected chi connectivity index (χ1v) is 6.38. The molecule has 2 N–H and O–H groups in total. The van der Waals surface area contributed by atoms with E-state index in [1.54, 1.807) is 6.07 Å². The summed E-state index contributed by atoms with van der Waals surface area (Å²) >= 11 is 11.7. The molecular formula is C13H8Cl2N2O4. The third-order valence-electron chi connectivity index (χ3n) is 2.64. The zero-order valence-corrected chi connectivity index (χ0v) is 11.9. The van der Waals surface area contributed by atoms with Crippen molar-refractivity contribution in [2.75, 3.05) is 5.32 Å². The standard InChI is InChI=1S/C13H8Cl2N2O4/c14-9-3-1-2-8(12(9)15)13(19)16-10-5-4-7(17(20)21)6-11(10)18/h1-6,18H,(H,16,19). The fourth-order valence-electron chi connectivity index (χ4n) is 1.61. The highest BCUT2D eigenvalue weighted by atomic mass is 35.5. The maximum Gasteiger partial charge on any atom is 0.273 e. The second kappa shape index (κ2) is 5.99. The molecule has 0 unspecified atom stereocenters. The van der Waals surface area contributed by atoms with Crippen molar-refractivity contribution in [3.8, 4) is 5.75 Å². The van der Waals surface area contributed by atoms with Gasteiger partial charge in [0.2, 0.25) is 0 Å². The molecule has 0 fully saturated rings. The van der Waals surface area contributed by atoms with E-state index in [0.717, 1.165) is 12.1 Å². The van der Waals surface area contributed by atoms with E-state index >= 15 is 0 Å². The summed E-state index contributed by atoms with van der Waals surface area (Å²) in [5.41, 5.74) is -0.130. The number of halogens is 2. The zero-order valence-electron chi connectivity index (χ0n) is 10.3. The van der Waals surface area contributed by atoms with Crippen molar-refractivity contribution < 1.29 is 14.8 Å². The van der Waals surface area contributed by atoms with Gasteiger partial charge in [-0.2, -0.15) is 0 Å². The van der Waals surface area contributed by atoms with Gasteiger partial charge in [0.05, 0.1) is 32.3 Å². The summed E-state index contributed by atoms with van der Waals surface area (Å²) in [5.74, 6) is -1.01. The number of nitro groups is 1. The number of hydrogen-bond acceptors (Lipinski definition) is 4. The number of nitrogens with one attached hydrogen (secondary N) is 1. The summed E-state index contributed by atoms with van der Waals surface area (Å²) in [7, 11) is 0. The molecule has 0 saturated heterocycles.